The summed E-state index contributed by atoms with van der Waals surface area (Å²) in [7, 11) is 1.64. The van der Waals surface area contributed by atoms with Gasteiger partial charge in [0.25, 0.3) is 0 Å². The highest BCUT2D eigenvalue weighted by Crippen LogP contribution is 2.22. The zero-order valence-electron chi connectivity index (χ0n) is 9.26. The second kappa shape index (κ2) is 5.84. The maximum Gasteiger partial charge on any atom is 0.415 e. The molecule has 0 spiro atoms. The second-order valence-corrected chi connectivity index (χ2v) is 4.17. The van der Waals surface area contributed by atoms with Crippen LogP contribution in [0.2, 0.25) is 0 Å². The molecule has 0 amide bonds. The van der Waals surface area contributed by atoms with E-state index in [0.29, 0.717) is 0 Å². The van der Waals surface area contributed by atoms with Gasteiger partial charge in [-0.3, -0.25) is 0 Å². The number of rotatable bonds is 4. The molecular formula is C10H18F3NO2. The predicted molar refractivity (Wildman–Crippen MR) is 53.1 cm³/mol. The van der Waals surface area contributed by atoms with Crippen LogP contribution in [0.15, 0.2) is 0 Å². The molecule has 0 radical (unpaired) electrons. The summed E-state index contributed by atoms with van der Waals surface area (Å²) in [6, 6.07) is 0.0587. The normalized spacial score (nSPS) is 29.1. The summed E-state index contributed by atoms with van der Waals surface area (Å²) in [6.07, 6.45) is -3.27. The van der Waals surface area contributed by atoms with E-state index in [1.165, 1.54) is 0 Å². The number of nitrogens with one attached hydrogen (secondary N) is 1. The van der Waals surface area contributed by atoms with Crippen molar-refractivity contribution in [2.24, 2.45) is 0 Å². The van der Waals surface area contributed by atoms with Gasteiger partial charge in [-0.1, -0.05) is 0 Å². The van der Waals surface area contributed by atoms with E-state index >= 15 is 0 Å². The number of alkyl halides is 3. The van der Waals surface area contributed by atoms with E-state index in [1.54, 1.807) is 7.11 Å². The average Bonchev–Trinajstić information content (AvgIpc) is 2.25. The Hall–Kier alpha value is -0.330. The highest BCUT2D eigenvalue weighted by atomic mass is 19.4. The van der Waals surface area contributed by atoms with E-state index in [-0.39, 0.29) is 12.1 Å². The Kier molecular flexibility index (Phi) is 5.01. The van der Waals surface area contributed by atoms with E-state index < -0.39 is 18.8 Å². The molecule has 2 N–H and O–H groups in total. The molecule has 1 aliphatic carbocycles. The first-order valence-corrected chi connectivity index (χ1v) is 5.44. The summed E-state index contributed by atoms with van der Waals surface area (Å²) in [5.41, 5.74) is 0. The SMILES string of the molecule is COC1CCC(NCC(O)C(F)(F)F)CC1. The summed E-state index contributed by atoms with van der Waals surface area (Å²) in [5, 5.41) is 11.5. The number of ether oxygens (including phenoxy) is 1. The maximum absolute atomic E-state index is 12.0. The smallest absolute Gasteiger partial charge is 0.382 e. The van der Waals surface area contributed by atoms with E-state index in [4.69, 9.17) is 9.84 Å². The summed E-state index contributed by atoms with van der Waals surface area (Å²) < 4.78 is 41.2. The van der Waals surface area contributed by atoms with Gasteiger partial charge in [0.05, 0.1) is 6.10 Å². The van der Waals surface area contributed by atoms with Crippen LogP contribution in [0.25, 0.3) is 0 Å². The van der Waals surface area contributed by atoms with Crippen molar-refractivity contribution in [3.05, 3.63) is 0 Å². The van der Waals surface area contributed by atoms with Crippen molar-refractivity contribution in [1.82, 2.24) is 5.32 Å². The molecule has 0 heterocycles. The van der Waals surface area contributed by atoms with Gasteiger partial charge in [0.1, 0.15) is 0 Å². The number of methoxy groups -OCH3 is 1. The molecule has 1 rings (SSSR count). The van der Waals surface area contributed by atoms with Gasteiger partial charge in [0, 0.05) is 19.7 Å². The van der Waals surface area contributed by atoms with Crippen LogP contribution in [0.4, 0.5) is 13.2 Å². The Morgan fingerprint density at radius 2 is 1.88 bits per heavy atom. The van der Waals surface area contributed by atoms with Gasteiger partial charge in [-0.15, -0.1) is 0 Å². The van der Waals surface area contributed by atoms with E-state index in [0.717, 1.165) is 25.7 Å². The van der Waals surface area contributed by atoms with Crippen molar-refractivity contribution >= 4 is 0 Å². The van der Waals surface area contributed by atoms with Gasteiger partial charge in [0.15, 0.2) is 6.10 Å². The van der Waals surface area contributed by atoms with Gasteiger partial charge in [0.2, 0.25) is 0 Å². The first kappa shape index (κ1) is 13.7. The number of hydrogen-bond donors (Lipinski definition) is 2. The Labute approximate surface area is 93.0 Å². The van der Waals surface area contributed by atoms with Crippen LogP contribution >= 0.6 is 0 Å². The minimum atomic E-state index is -4.53. The van der Waals surface area contributed by atoms with Gasteiger partial charge >= 0.3 is 6.18 Å². The topological polar surface area (TPSA) is 41.5 Å². The van der Waals surface area contributed by atoms with Crippen LogP contribution in [0.3, 0.4) is 0 Å². The van der Waals surface area contributed by atoms with Crippen LogP contribution in [0.1, 0.15) is 25.7 Å². The van der Waals surface area contributed by atoms with Crippen molar-refractivity contribution < 1.29 is 23.0 Å². The van der Waals surface area contributed by atoms with E-state index in [2.05, 4.69) is 5.32 Å². The summed E-state index contributed by atoms with van der Waals surface area (Å²) in [4.78, 5) is 0. The van der Waals surface area contributed by atoms with Crippen LogP contribution in [0, 0.1) is 0 Å². The van der Waals surface area contributed by atoms with Crippen molar-refractivity contribution in [3.63, 3.8) is 0 Å². The molecule has 0 aromatic heterocycles. The second-order valence-electron chi connectivity index (χ2n) is 4.17. The third-order valence-electron chi connectivity index (χ3n) is 2.99. The molecule has 1 atom stereocenters. The fraction of sp³-hybridized carbons (Fsp3) is 1.00. The first-order valence-electron chi connectivity index (χ1n) is 5.44. The lowest BCUT2D eigenvalue weighted by molar-refractivity contribution is -0.202. The molecule has 16 heavy (non-hydrogen) atoms. The lowest BCUT2D eigenvalue weighted by atomic mass is 9.93. The third-order valence-corrected chi connectivity index (χ3v) is 2.99. The number of halogens is 3. The molecule has 1 unspecified atom stereocenters. The first-order chi connectivity index (χ1) is 7.43. The van der Waals surface area contributed by atoms with E-state index in [9.17, 15) is 13.2 Å². The quantitative estimate of drug-likeness (QED) is 0.783. The molecule has 1 fully saturated rings. The molecule has 0 saturated heterocycles. The van der Waals surface area contributed by atoms with Crippen LogP contribution in [0.5, 0.6) is 0 Å². The molecular weight excluding hydrogens is 223 g/mol. The fourth-order valence-electron chi connectivity index (χ4n) is 1.90. The lowest BCUT2D eigenvalue weighted by Gasteiger charge is -2.29. The number of aliphatic hydroxyl groups excluding tert-OH is 1. The number of hydrogen-bond acceptors (Lipinski definition) is 3. The van der Waals surface area contributed by atoms with Gasteiger partial charge in [-0.25, -0.2) is 0 Å². The Balaban J connectivity index is 2.20. The molecule has 0 bridgehead atoms. The summed E-state index contributed by atoms with van der Waals surface area (Å²) in [5.74, 6) is 0. The zero-order chi connectivity index (χ0) is 12.2. The summed E-state index contributed by atoms with van der Waals surface area (Å²) >= 11 is 0. The number of aliphatic hydroxyl groups is 1. The molecule has 0 aliphatic heterocycles. The van der Waals surface area contributed by atoms with E-state index in [1.807, 2.05) is 0 Å². The van der Waals surface area contributed by atoms with Crippen molar-refractivity contribution in [2.75, 3.05) is 13.7 Å². The molecule has 0 aromatic rings. The Morgan fingerprint density at radius 3 is 2.31 bits per heavy atom. The maximum atomic E-state index is 12.0. The predicted octanol–water partition coefficient (Wildman–Crippen LogP) is 1.46. The highest BCUT2D eigenvalue weighted by molar-refractivity contribution is 4.79. The minimum Gasteiger partial charge on any atom is -0.382 e. The van der Waals surface area contributed by atoms with Crippen LogP contribution in [-0.4, -0.2) is 43.2 Å². The monoisotopic (exact) mass is 241 g/mol. The van der Waals surface area contributed by atoms with Gasteiger partial charge in [-0.2, -0.15) is 13.2 Å². The van der Waals surface area contributed by atoms with Crippen LogP contribution in [-0.2, 0) is 4.74 Å². The molecule has 0 aromatic carbocycles. The Bertz CT molecular complexity index is 203. The van der Waals surface area contributed by atoms with Crippen molar-refractivity contribution in [1.29, 1.82) is 0 Å². The van der Waals surface area contributed by atoms with Crippen LogP contribution < -0.4 is 5.32 Å². The fourth-order valence-corrected chi connectivity index (χ4v) is 1.90. The van der Waals surface area contributed by atoms with Gasteiger partial charge in [-0.05, 0) is 25.7 Å². The third kappa shape index (κ3) is 4.27. The van der Waals surface area contributed by atoms with Crippen molar-refractivity contribution in [2.45, 2.75) is 50.1 Å². The zero-order valence-corrected chi connectivity index (χ0v) is 9.26. The minimum absolute atomic E-state index is 0.0587. The summed E-state index contributed by atoms with van der Waals surface area (Å²) in [6.45, 7) is -0.425. The molecule has 3 nitrogen and oxygen atoms in total. The standard InChI is InChI=1S/C10H18F3NO2/c1-16-8-4-2-7(3-5-8)14-6-9(15)10(11,12)13/h7-9,14-15H,2-6H2,1H3. The molecule has 1 saturated carbocycles. The van der Waals surface area contributed by atoms with Crippen molar-refractivity contribution in [3.8, 4) is 0 Å². The largest absolute Gasteiger partial charge is 0.415 e. The average molecular weight is 241 g/mol. The molecule has 1 aliphatic rings. The molecule has 96 valence electrons. The lowest BCUT2D eigenvalue weighted by Crippen LogP contribution is -2.44. The Morgan fingerprint density at radius 1 is 1.31 bits per heavy atom. The molecule has 6 heteroatoms. The van der Waals surface area contributed by atoms with Gasteiger partial charge < -0.3 is 15.2 Å². The highest BCUT2D eigenvalue weighted by Gasteiger charge is 2.38.